The zero-order chi connectivity index (χ0) is 33.0. The Kier molecular flexibility index (Phi) is 11.7. The molecule has 1 saturated heterocycles. The van der Waals surface area contributed by atoms with Crippen molar-refractivity contribution in [3.05, 3.63) is 82.4 Å². The number of nitrogens with one attached hydrogen (secondary N) is 1. The predicted octanol–water partition coefficient (Wildman–Crippen LogP) is -2.69. The van der Waals surface area contributed by atoms with Gasteiger partial charge in [-0.1, -0.05) is 11.2 Å². The molecular weight excluding hydrogens is 658 g/mol. The van der Waals surface area contributed by atoms with Crippen molar-refractivity contribution < 1.29 is 63.2 Å². The molecule has 5 rings (SSSR count). The number of carboxylic acids is 1. The molecule has 0 spiro atoms. The SMILES string of the molecule is CCO/N=C(\C(=O)N[C@@H]1C(=O)N2C(C(=O)[O-])=C(/C=C/C[n+]3ccc(-c4cc(C(=O)N=C=[N-])n(C)c4)cc3)CS[C@H]12)c1csc(N)n1.[Na+]. The smallest absolute Gasteiger partial charge is 0.543 e. The number of thioether (sulfide) groups is 1. The number of aromatic nitrogens is 3. The summed E-state index contributed by atoms with van der Waals surface area (Å²) in [5, 5.41) is 28.4. The van der Waals surface area contributed by atoms with E-state index in [1.54, 1.807) is 43.0 Å². The number of β-lactam (4-membered cyclic amide) rings is 1. The van der Waals surface area contributed by atoms with Crippen molar-refractivity contribution in [2.45, 2.75) is 24.9 Å². The molecule has 1 fully saturated rings. The van der Waals surface area contributed by atoms with Crippen molar-refractivity contribution >= 4 is 63.6 Å². The minimum Gasteiger partial charge on any atom is -0.543 e. The van der Waals surface area contributed by atoms with Gasteiger partial charge in [0.25, 0.3) is 11.8 Å². The van der Waals surface area contributed by atoms with Crippen molar-refractivity contribution in [3.8, 4) is 11.1 Å². The molecule has 18 heteroatoms. The van der Waals surface area contributed by atoms with Gasteiger partial charge >= 0.3 is 29.6 Å². The predicted molar refractivity (Wildman–Crippen MR) is 167 cm³/mol. The van der Waals surface area contributed by atoms with E-state index in [1.165, 1.54) is 23.2 Å². The first-order chi connectivity index (χ1) is 22.1. The number of fused-ring (bicyclic) bond motifs is 1. The van der Waals surface area contributed by atoms with E-state index in [2.05, 4.69) is 20.4 Å². The first-order valence-corrected chi connectivity index (χ1v) is 15.6. The number of nitrogen functional groups attached to an aromatic ring is 1. The van der Waals surface area contributed by atoms with Gasteiger partial charge in [0.1, 0.15) is 23.7 Å². The summed E-state index contributed by atoms with van der Waals surface area (Å²) in [6.45, 7) is 2.29. The van der Waals surface area contributed by atoms with Gasteiger partial charge in [0.15, 0.2) is 29.8 Å². The molecule has 3 N–H and O–H groups in total. The first kappa shape index (κ1) is 35.5. The van der Waals surface area contributed by atoms with Gasteiger partial charge in [-0.15, -0.1) is 29.1 Å². The van der Waals surface area contributed by atoms with E-state index in [0.29, 0.717) is 12.1 Å². The second-order valence-corrected chi connectivity index (χ2v) is 11.9. The summed E-state index contributed by atoms with van der Waals surface area (Å²) in [6, 6.07) is 5.87. The number of aryl methyl sites for hydroxylation is 1. The van der Waals surface area contributed by atoms with Crippen LogP contribution in [0.5, 0.6) is 0 Å². The number of amides is 3. The topological polar surface area (TPSA) is 211 Å². The van der Waals surface area contributed by atoms with E-state index < -0.39 is 35.1 Å². The van der Waals surface area contributed by atoms with E-state index in [9.17, 15) is 24.3 Å². The normalized spacial score (nSPS) is 17.4. The zero-order valence-electron chi connectivity index (χ0n) is 25.4. The summed E-state index contributed by atoms with van der Waals surface area (Å²) in [5.74, 6) is -3.16. The van der Waals surface area contributed by atoms with Crippen molar-refractivity contribution in [2.24, 2.45) is 17.2 Å². The number of aliphatic imine (C=N–C) groups is 1. The molecule has 15 nitrogen and oxygen atoms in total. The third-order valence-corrected chi connectivity index (χ3v) is 8.95. The minimum absolute atomic E-state index is 0. The molecule has 3 amide bonds. The molecule has 0 unspecified atom stereocenters. The van der Waals surface area contributed by atoms with E-state index in [4.69, 9.17) is 16.0 Å². The minimum atomic E-state index is -1.50. The van der Waals surface area contributed by atoms with Gasteiger partial charge in [0, 0.05) is 42.1 Å². The summed E-state index contributed by atoms with van der Waals surface area (Å²) in [5.41, 5.74) is 7.79. The molecule has 5 heterocycles. The Morgan fingerprint density at radius 2 is 2.06 bits per heavy atom. The Labute approximate surface area is 298 Å². The monoisotopic (exact) mass is 683 g/mol. The number of rotatable bonds is 11. The number of carbonyl (C=O) groups excluding carboxylic acids is 4. The van der Waals surface area contributed by atoms with Crippen LogP contribution < -0.4 is 50.3 Å². The van der Waals surface area contributed by atoms with Crippen molar-refractivity contribution in [3.63, 3.8) is 0 Å². The number of anilines is 1. The van der Waals surface area contributed by atoms with E-state index in [-0.39, 0.29) is 69.8 Å². The molecule has 0 aliphatic carbocycles. The van der Waals surface area contributed by atoms with Crippen LogP contribution in [0.3, 0.4) is 0 Å². The van der Waals surface area contributed by atoms with Gasteiger partial charge < -0.3 is 40.8 Å². The van der Waals surface area contributed by atoms with Crippen molar-refractivity contribution in [1.82, 2.24) is 19.8 Å². The van der Waals surface area contributed by atoms with Crippen LogP contribution in [-0.4, -0.2) is 73.6 Å². The Morgan fingerprint density at radius 1 is 1.32 bits per heavy atom. The third-order valence-electron chi connectivity index (χ3n) is 6.98. The summed E-state index contributed by atoms with van der Waals surface area (Å²) in [4.78, 5) is 63.8. The van der Waals surface area contributed by atoms with Gasteiger partial charge in [-0.3, -0.25) is 19.3 Å². The summed E-state index contributed by atoms with van der Waals surface area (Å²) in [6.07, 6.45) is 8.81. The number of nitrogens with zero attached hydrogens (tertiary/aromatic N) is 7. The first-order valence-electron chi connectivity index (χ1n) is 13.7. The van der Waals surface area contributed by atoms with E-state index in [0.717, 1.165) is 27.4 Å². The molecule has 236 valence electrons. The standard InChI is InChI=1S/C29H27N9O6S2.Na/c1-3-44-35-21(19-14-46-29(31)33-19)25(40)34-22-26(41)38-23(28(42)43)17(13-45-27(22)38)5-4-8-37-9-6-16(7-10-37)18-11-20(36(2)12-18)24(39)32-15-30;/h4-7,9-12,14,22,27H,3,8,13H2,1-2H3,(H2,31,33)(H,34,40)(H,42,43);/q;+1/p-1/b5-4+,35-21-;/t22-,27-;/m1./s1. The second-order valence-electron chi connectivity index (χ2n) is 9.88. The van der Waals surface area contributed by atoms with Crippen molar-refractivity contribution in [2.75, 3.05) is 18.1 Å². The third kappa shape index (κ3) is 7.62. The van der Waals surface area contributed by atoms with Crippen LogP contribution in [0, 0.1) is 0 Å². The quantitative estimate of drug-likeness (QED) is 0.0708. The Hall–Kier alpha value is -4.38. The fraction of sp³-hybridized carbons (Fsp3) is 0.241. The fourth-order valence-electron chi connectivity index (χ4n) is 4.83. The molecule has 3 aromatic rings. The van der Waals surface area contributed by atoms with Crippen LogP contribution in [0.1, 0.15) is 23.1 Å². The summed E-state index contributed by atoms with van der Waals surface area (Å²) >= 11 is 2.42. The zero-order valence-corrected chi connectivity index (χ0v) is 29.1. The molecule has 47 heavy (non-hydrogen) atoms. The second kappa shape index (κ2) is 15.5. The summed E-state index contributed by atoms with van der Waals surface area (Å²) < 4.78 is 3.46. The van der Waals surface area contributed by atoms with Gasteiger partial charge in [0.2, 0.25) is 5.91 Å². The van der Waals surface area contributed by atoms with Crippen LogP contribution in [0.4, 0.5) is 5.13 Å². The van der Waals surface area contributed by atoms with Crippen LogP contribution in [0.15, 0.2) is 75.7 Å². The molecule has 0 saturated carbocycles. The molecule has 2 aliphatic rings. The largest absolute Gasteiger partial charge is 1.00 e. The number of nitrogens with two attached hydrogens (primary N) is 1. The number of hydrogen-bond acceptors (Lipinski definition) is 11. The number of carboxylic acid groups (broad SMARTS) is 1. The Balaban J connectivity index is 0.00000500. The average molecular weight is 684 g/mol. The van der Waals surface area contributed by atoms with E-state index in [1.807, 2.05) is 29.1 Å². The van der Waals surface area contributed by atoms with Crippen LogP contribution in [-0.2, 0) is 32.8 Å². The molecule has 2 atom stereocenters. The molecule has 3 aromatic heterocycles. The molecule has 0 aromatic carbocycles. The van der Waals surface area contributed by atoms with Gasteiger partial charge in [-0.2, -0.15) is 0 Å². The number of pyridine rings is 1. The van der Waals surface area contributed by atoms with Crippen LogP contribution in [0.25, 0.3) is 16.5 Å². The number of hydrogen-bond donors (Lipinski definition) is 2. The van der Waals surface area contributed by atoms with E-state index >= 15 is 0 Å². The number of allylic oxidation sites excluding steroid dienone is 2. The van der Waals surface area contributed by atoms with Gasteiger partial charge in [0.05, 0.1) is 17.4 Å². The Morgan fingerprint density at radius 3 is 2.70 bits per heavy atom. The van der Waals surface area contributed by atoms with Gasteiger partial charge in [-0.25, -0.2) is 9.55 Å². The maximum Gasteiger partial charge on any atom is 1.00 e. The average Bonchev–Trinajstić information content (AvgIpc) is 3.65. The maximum absolute atomic E-state index is 13.1. The molecule has 2 aliphatic heterocycles. The fourth-order valence-corrected chi connectivity index (χ4v) is 6.69. The number of thiazole rings is 1. The van der Waals surface area contributed by atoms with Crippen molar-refractivity contribution in [1.29, 1.82) is 0 Å². The molecule has 0 radical (unpaired) electrons. The number of carbonyl (C=O) groups is 4. The van der Waals surface area contributed by atoms with Gasteiger partial charge in [-0.05, 0) is 30.2 Å². The van der Waals surface area contributed by atoms with Crippen LogP contribution in [0.2, 0.25) is 0 Å². The molecular formula is C29H26N9NaO6S2. The number of oxime groups is 1. The number of aliphatic carboxylic acids is 1. The maximum atomic E-state index is 13.1. The summed E-state index contributed by atoms with van der Waals surface area (Å²) in [7, 11) is 1.69. The molecule has 0 bridgehead atoms. The Bertz CT molecular complexity index is 1860. The van der Waals surface area contributed by atoms with Crippen LogP contribution >= 0.6 is 23.1 Å².